The van der Waals surface area contributed by atoms with Gasteiger partial charge >= 0.3 is 0 Å². The fourth-order valence-corrected chi connectivity index (χ4v) is 5.82. The Bertz CT molecular complexity index is 1350. The van der Waals surface area contributed by atoms with Crippen molar-refractivity contribution in [3.63, 3.8) is 0 Å². The van der Waals surface area contributed by atoms with E-state index in [0.717, 1.165) is 65.0 Å². The molecule has 9 nitrogen and oxygen atoms in total. The normalized spacial score (nSPS) is 15.6. The smallest absolute Gasteiger partial charge is 0.225 e. The molecule has 1 atom stereocenters. The third-order valence-corrected chi connectivity index (χ3v) is 7.63. The van der Waals surface area contributed by atoms with Crippen LogP contribution in [0.4, 0.5) is 11.5 Å². The van der Waals surface area contributed by atoms with Crippen LogP contribution >= 0.6 is 11.3 Å². The number of aryl methyl sites for hydroxylation is 1. The number of aromatic amines is 1. The molecule has 0 radical (unpaired) electrons. The molecule has 1 aliphatic rings. The number of thiophene rings is 1. The van der Waals surface area contributed by atoms with Crippen molar-refractivity contribution in [2.24, 2.45) is 5.92 Å². The zero-order chi connectivity index (χ0) is 23.8. The molecule has 0 spiro atoms. The average Bonchev–Trinajstić information content (AvgIpc) is 3.45. The van der Waals surface area contributed by atoms with E-state index in [0.29, 0.717) is 5.75 Å². The lowest BCUT2D eigenvalue weighted by Gasteiger charge is -2.27. The van der Waals surface area contributed by atoms with Gasteiger partial charge in [0, 0.05) is 42.4 Å². The SMILES string of the molecule is COc1cc2[nH]ncc2cc1Nc1ncnc2sc3c(c12)CC[C@H](C(=O)N(C)CCN(C)C)C3. The van der Waals surface area contributed by atoms with Gasteiger partial charge in [0.2, 0.25) is 5.91 Å². The van der Waals surface area contributed by atoms with Crippen molar-refractivity contribution in [1.29, 1.82) is 0 Å². The standard InChI is InChI=1S/C24H29N7O2S/c1-30(2)7-8-31(3)24(32)14-5-6-16-20(10-14)34-23-21(16)22(25-13-26-23)28-18-9-15-12-27-29-17(15)11-19(18)33-4/h9,11-14H,5-8,10H2,1-4H3,(H,27,29)(H,25,26,28)/t14-/m0/s1. The van der Waals surface area contributed by atoms with Crippen LogP contribution in [-0.4, -0.2) is 77.2 Å². The summed E-state index contributed by atoms with van der Waals surface area (Å²) in [5.74, 6) is 1.71. The maximum Gasteiger partial charge on any atom is 0.225 e. The lowest BCUT2D eigenvalue weighted by atomic mass is 9.87. The van der Waals surface area contributed by atoms with Crippen LogP contribution in [0.3, 0.4) is 0 Å². The van der Waals surface area contributed by atoms with Gasteiger partial charge in [0.05, 0.1) is 29.9 Å². The predicted octanol–water partition coefficient (Wildman–Crippen LogP) is 3.44. The molecule has 34 heavy (non-hydrogen) atoms. The average molecular weight is 480 g/mol. The number of aromatic nitrogens is 4. The second-order valence-corrected chi connectivity index (χ2v) is 10.1. The van der Waals surface area contributed by atoms with Crippen molar-refractivity contribution in [2.45, 2.75) is 19.3 Å². The van der Waals surface area contributed by atoms with E-state index in [2.05, 4.69) is 30.4 Å². The number of rotatable bonds is 7. The molecule has 1 aromatic carbocycles. The number of likely N-dealkylation sites (N-methyl/N-ethyl adjacent to an activating group) is 2. The highest BCUT2D eigenvalue weighted by Crippen LogP contribution is 2.41. The van der Waals surface area contributed by atoms with E-state index < -0.39 is 0 Å². The summed E-state index contributed by atoms with van der Waals surface area (Å²) < 4.78 is 5.60. The monoisotopic (exact) mass is 479 g/mol. The van der Waals surface area contributed by atoms with E-state index in [1.807, 2.05) is 38.2 Å². The Kier molecular flexibility index (Phi) is 6.09. The first-order valence-electron chi connectivity index (χ1n) is 11.4. The van der Waals surface area contributed by atoms with Gasteiger partial charge in [0.1, 0.15) is 22.7 Å². The molecule has 10 heteroatoms. The van der Waals surface area contributed by atoms with Gasteiger partial charge in [-0.15, -0.1) is 11.3 Å². The van der Waals surface area contributed by atoms with Gasteiger partial charge in [-0.3, -0.25) is 9.89 Å². The number of fused-ring (bicyclic) bond motifs is 4. The lowest BCUT2D eigenvalue weighted by molar-refractivity contribution is -0.134. The van der Waals surface area contributed by atoms with Gasteiger partial charge in [-0.2, -0.15) is 5.10 Å². The highest BCUT2D eigenvalue weighted by atomic mass is 32.1. The molecule has 0 unspecified atom stereocenters. The summed E-state index contributed by atoms with van der Waals surface area (Å²) in [6, 6.07) is 3.93. The molecule has 178 valence electrons. The summed E-state index contributed by atoms with van der Waals surface area (Å²) in [6.45, 7) is 1.60. The van der Waals surface area contributed by atoms with E-state index in [1.165, 1.54) is 10.4 Å². The van der Waals surface area contributed by atoms with Crippen LogP contribution in [0, 0.1) is 5.92 Å². The number of H-pyrrole nitrogens is 1. The Morgan fingerprint density at radius 3 is 2.91 bits per heavy atom. The van der Waals surface area contributed by atoms with Crippen molar-refractivity contribution >= 4 is 49.9 Å². The van der Waals surface area contributed by atoms with Crippen LogP contribution in [0.5, 0.6) is 5.75 Å². The van der Waals surface area contributed by atoms with E-state index in [1.54, 1.807) is 31.0 Å². The molecular formula is C24H29N7O2S. The van der Waals surface area contributed by atoms with Gasteiger partial charge in [-0.25, -0.2) is 9.97 Å². The first kappa shape index (κ1) is 22.5. The first-order valence-corrected chi connectivity index (χ1v) is 12.2. The van der Waals surface area contributed by atoms with Crippen molar-refractivity contribution in [3.8, 4) is 5.75 Å². The topological polar surface area (TPSA) is 99.3 Å². The Morgan fingerprint density at radius 2 is 2.12 bits per heavy atom. The number of methoxy groups -OCH3 is 1. The van der Waals surface area contributed by atoms with Gasteiger partial charge in [0.15, 0.2) is 0 Å². The van der Waals surface area contributed by atoms with E-state index in [-0.39, 0.29) is 11.8 Å². The summed E-state index contributed by atoms with van der Waals surface area (Å²) in [6.07, 6.45) is 5.81. The molecule has 0 bridgehead atoms. The van der Waals surface area contributed by atoms with Crippen LogP contribution in [0.15, 0.2) is 24.7 Å². The van der Waals surface area contributed by atoms with Crippen molar-refractivity contribution in [2.75, 3.05) is 46.7 Å². The minimum absolute atomic E-state index is 0.0145. The van der Waals surface area contributed by atoms with Gasteiger partial charge in [0.25, 0.3) is 0 Å². The van der Waals surface area contributed by atoms with Crippen molar-refractivity contribution < 1.29 is 9.53 Å². The zero-order valence-corrected chi connectivity index (χ0v) is 20.7. The van der Waals surface area contributed by atoms with Gasteiger partial charge in [-0.1, -0.05) is 0 Å². The van der Waals surface area contributed by atoms with Crippen LogP contribution in [-0.2, 0) is 17.6 Å². The van der Waals surface area contributed by atoms with E-state index in [9.17, 15) is 4.79 Å². The fraction of sp³-hybridized carbons (Fsp3) is 0.417. The van der Waals surface area contributed by atoms with Crippen LogP contribution in [0.1, 0.15) is 16.9 Å². The summed E-state index contributed by atoms with van der Waals surface area (Å²) in [4.78, 5) is 28.3. The van der Waals surface area contributed by atoms with Crippen LogP contribution in [0.2, 0.25) is 0 Å². The van der Waals surface area contributed by atoms with Crippen LogP contribution in [0.25, 0.3) is 21.1 Å². The number of amides is 1. The molecule has 2 N–H and O–H groups in total. The molecule has 3 heterocycles. The number of benzene rings is 1. The van der Waals surface area contributed by atoms with Gasteiger partial charge in [-0.05, 0) is 45.0 Å². The number of anilines is 2. The molecule has 4 aromatic rings. The second kappa shape index (κ2) is 9.19. The number of nitrogens with one attached hydrogen (secondary N) is 2. The number of carbonyl (C=O) groups excluding carboxylic acids is 1. The highest BCUT2D eigenvalue weighted by Gasteiger charge is 2.30. The highest BCUT2D eigenvalue weighted by molar-refractivity contribution is 7.19. The largest absolute Gasteiger partial charge is 0.494 e. The number of hydrogen-bond acceptors (Lipinski definition) is 8. The minimum Gasteiger partial charge on any atom is -0.494 e. The number of carbonyl (C=O) groups is 1. The Balaban J connectivity index is 1.43. The molecule has 0 fully saturated rings. The third-order valence-electron chi connectivity index (χ3n) is 6.47. The zero-order valence-electron chi connectivity index (χ0n) is 19.9. The Labute approximate surface area is 202 Å². The summed E-state index contributed by atoms with van der Waals surface area (Å²) in [7, 11) is 7.61. The molecule has 1 amide bonds. The molecule has 3 aromatic heterocycles. The molecule has 1 aliphatic carbocycles. The Morgan fingerprint density at radius 1 is 1.26 bits per heavy atom. The summed E-state index contributed by atoms with van der Waals surface area (Å²) in [5.41, 5.74) is 2.99. The van der Waals surface area contributed by atoms with Crippen molar-refractivity contribution in [3.05, 3.63) is 35.1 Å². The number of hydrogen-bond donors (Lipinski definition) is 2. The molecule has 0 saturated carbocycles. The first-order chi connectivity index (χ1) is 16.4. The second-order valence-electron chi connectivity index (χ2n) is 9.04. The predicted molar refractivity (Wildman–Crippen MR) is 135 cm³/mol. The fourth-order valence-electron chi connectivity index (χ4n) is 4.55. The molecule has 5 rings (SSSR count). The van der Waals surface area contributed by atoms with E-state index in [4.69, 9.17) is 4.74 Å². The van der Waals surface area contributed by atoms with Crippen LogP contribution < -0.4 is 10.1 Å². The lowest BCUT2D eigenvalue weighted by Crippen LogP contribution is -2.39. The summed E-state index contributed by atoms with van der Waals surface area (Å²) >= 11 is 1.67. The molecular weight excluding hydrogens is 450 g/mol. The number of ether oxygens (including phenoxy) is 1. The van der Waals surface area contributed by atoms with Gasteiger partial charge < -0.3 is 19.9 Å². The molecule has 0 aliphatic heterocycles. The molecule has 0 saturated heterocycles. The van der Waals surface area contributed by atoms with Crippen molar-refractivity contribution in [1.82, 2.24) is 30.0 Å². The summed E-state index contributed by atoms with van der Waals surface area (Å²) in [5, 5.41) is 12.6. The third kappa shape index (κ3) is 4.19. The Hall–Kier alpha value is -3.24. The maximum absolute atomic E-state index is 13.0. The maximum atomic E-state index is 13.0. The minimum atomic E-state index is 0.0145. The van der Waals surface area contributed by atoms with E-state index >= 15 is 0 Å². The number of nitrogens with zero attached hydrogens (tertiary/aromatic N) is 5. The quantitative estimate of drug-likeness (QED) is 0.419.